The molecule has 2 aromatic heterocycles. The Balaban J connectivity index is 2.01. The van der Waals surface area contributed by atoms with Crippen LogP contribution in [0.4, 0.5) is 5.82 Å². The lowest BCUT2D eigenvalue weighted by Crippen LogP contribution is -2.29. The van der Waals surface area contributed by atoms with Crippen molar-refractivity contribution < 1.29 is 4.79 Å². The van der Waals surface area contributed by atoms with Crippen molar-refractivity contribution in [1.29, 1.82) is 0 Å². The molecule has 0 radical (unpaired) electrons. The van der Waals surface area contributed by atoms with Gasteiger partial charge in [-0.05, 0) is 29.5 Å². The number of aromatic nitrogens is 5. The number of nitrogens with zero attached hydrogens (tertiary/aromatic N) is 5. The SMILES string of the molecule is CCNC(=O)CNc1ccc2nnnn2n1. The molecule has 8 nitrogen and oxygen atoms in total. The maximum atomic E-state index is 11.2. The zero-order chi connectivity index (χ0) is 11.4. The Morgan fingerprint density at radius 2 is 2.38 bits per heavy atom. The highest BCUT2D eigenvalue weighted by Gasteiger charge is 2.02. The van der Waals surface area contributed by atoms with Gasteiger partial charge in [-0.15, -0.1) is 14.8 Å². The van der Waals surface area contributed by atoms with Gasteiger partial charge in [-0.3, -0.25) is 4.79 Å². The van der Waals surface area contributed by atoms with Gasteiger partial charge in [0.2, 0.25) is 5.91 Å². The predicted octanol–water partition coefficient (Wildman–Crippen LogP) is -0.933. The van der Waals surface area contributed by atoms with E-state index in [0.717, 1.165) is 0 Å². The van der Waals surface area contributed by atoms with Crippen LogP contribution in [0.3, 0.4) is 0 Å². The van der Waals surface area contributed by atoms with Gasteiger partial charge < -0.3 is 10.6 Å². The van der Waals surface area contributed by atoms with Crippen molar-refractivity contribution in [2.24, 2.45) is 0 Å². The third-order valence-corrected chi connectivity index (χ3v) is 1.87. The van der Waals surface area contributed by atoms with Crippen LogP contribution in [0.25, 0.3) is 5.65 Å². The average Bonchev–Trinajstić information content (AvgIpc) is 2.74. The molecule has 2 heterocycles. The zero-order valence-corrected chi connectivity index (χ0v) is 8.71. The van der Waals surface area contributed by atoms with Crippen molar-refractivity contribution in [3.8, 4) is 0 Å². The first kappa shape index (κ1) is 10.3. The van der Waals surface area contributed by atoms with Crippen molar-refractivity contribution in [2.45, 2.75) is 6.92 Å². The average molecular weight is 221 g/mol. The van der Waals surface area contributed by atoms with Crippen molar-refractivity contribution in [1.82, 2.24) is 30.6 Å². The summed E-state index contributed by atoms with van der Waals surface area (Å²) >= 11 is 0. The predicted molar refractivity (Wildman–Crippen MR) is 55.8 cm³/mol. The quantitative estimate of drug-likeness (QED) is 0.692. The molecule has 84 valence electrons. The highest BCUT2D eigenvalue weighted by Crippen LogP contribution is 2.01. The third-order valence-electron chi connectivity index (χ3n) is 1.87. The zero-order valence-electron chi connectivity index (χ0n) is 8.71. The standard InChI is InChI=1S/C8H11N7O/c1-2-9-8(16)5-10-6-3-4-7-11-13-14-15(7)12-6/h3-4H,2,5H2,1H3,(H,9,16)(H,10,12). The first-order chi connectivity index (χ1) is 7.79. The van der Waals surface area contributed by atoms with Crippen LogP contribution in [0.1, 0.15) is 6.92 Å². The molecule has 2 rings (SSSR count). The molecule has 16 heavy (non-hydrogen) atoms. The lowest BCUT2D eigenvalue weighted by Gasteiger charge is -2.04. The van der Waals surface area contributed by atoms with Gasteiger partial charge in [0, 0.05) is 6.54 Å². The first-order valence-electron chi connectivity index (χ1n) is 4.85. The molecule has 0 unspecified atom stereocenters. The lowest BCUT2D eigenvalue weighted by atomic mass is 10.5. The van der Waals surface area contributed by atoms with Crippen LogP contribution in [-0.4, -0.2) is 44.3 Å². The van der Waals surface area contributed by atoms with E-state index in [9.17, 15) is 4.79 Å². The Morgan fingerprint density at radius 1 is 1.50 bits per heavy atom. The van der Waals surface area contributed by atoms with E-state index < -0.39 is 0 Å². The Morgan fingerprint density at radius 3 is 3.19 bits per heavy atom. The number of rotatable bonds is 4. The van der Waals surface area contributed by atoms with Crippen LogP contribution < -0.4 is 10.6 Å². The van der Waals surface area contributed by atoms with Crippen molar-refractivity contribution in [2.75, 3.05) is 18.4 Å². The monoisotopic (exact) mass is 221 g/mol. The van der Waals surface area contributed by atoms with Crippen LogP contribution >= 0.6 is 0 Å². The number of carbonyl (C=O) groups excluding carboxylic acids is 1. The molecule has 0 saturated heterocycles. The van der Waals surface area contributed by atoms with Gasteiger partial charge in [0.05, 0.1) is 6.54 Å². The van der Waals surface area contributed by atoms with Crippen LogP contribution in [0.2, 0.25) is 0 Å². The van der Waals surface area contributed by atoms with Crippen molar-refractivity contribution in [3.05, 3.63) is 12.1 Å². The summed E-state index contributed by atoms with van der Waals surface area (Å²) in [5.74, 6) is 0.465. The molecule has 0 bridgehead atoms. The second kappa shape index (κ2) is 4.51. The third kappa shape index (κ3) is 2.22. The number of hydrogen-bond donors (Lipinski definition) is 2. The van der Waals surface area contributed by atoms with Gasteiger partial charge in [-0.1, -0.05) is 0 Å². The summed E-state index contributed by atoms with van der Waals surface area (Å²) in [4.78, 5) is 11.2. The molecule has 2 N–H and O–H groups in total. The smallest absolute Gasteiger partial charge is 0.239 e. The van der Waals surface area contributed by atoms with Gasteiger partial charge in [0.1, 0.15) is 5.82 Å². The fourth-order valence-electron chi connectivity index (χ4n) is 1.17. The van der Waals surface area contributed by atoms with E-state index in [1.807, 2.05) is 6.92 Å². The van der Waals surface area contributed by atoms with Gasteiger partial charge in [-0.2, -0.15) is 0 Å². The summed E-state index contributed by atoms with van der Waals surface area (Å²) in [6.45, 7) is 2.65. The summed E-state index contributed by atoms with van der Waals surface area (Å²) < 4.78 is 1.29. The minimum absolute atomic E-state index is 0.0823. The highest BCUT2D eigenvalue weighted by molar-refractivity contribution is 5.80. The van der Waals surface area contributed by atoms with Crippen molar-refractivity contribution in [3.63, 3.8) is 0 Å². The topological polar surface area (TPSA) is 97.1 Å². The van der Waals surface area contributed by atoms with Crippen molar-refractivity contribution >= 4 is 17.4 Å². The highest BCUT2D eigenvalue weighted by atomic mass is 16.1. The summed E-state index contributed by atoms with van der Waals surface area (Å²) in [5, 5.41) is 20.4. The maximum Gasteiger partial charge on any atom is 0.239 e. The second-order valence-electron chi connectivity index (χ2n) is 3.05. The lowest BCUT2D eigenvalue weighted by molar-refractivity contribution is -0.119. The van der Waals surface area contributed by atoms with Crippen LogP contribution in [0, 0.1) is 0 Å². The Labute approximate surface area is 91.0 Å². The van der Waals surface area contributed by atoms with E-state index in [2.05, 4.69) is 31.3 Å². The number of amides is 1. The normalized spacial score (nSPS) is 10.3. The number of fused-ring (bicyclic) bond motifs is 1. The Bertz CT molecular complexity index is 494. The molecular formula is C8H11N7O. The minimum Gasteiger partial charge on any atom is -0.360 e. The molecule has 0 atom stereocenters. The van der Waals surface area contributed by atoms with Gasteiger partial charge in [0.25, 0.3) is 0 Å². The van der Waals surface area contributed by atoms with E-state index in [4.69, 9.17) is 0 Å². The Hall–Kier alpha value is -2.25. The van der Waals surface area contributed by atoms with Crippen LogP contribution in [0.5, 0.6) is 0 Å². The number of nitrogens with one attached hydrogen (secondary N) is 2. The van der Waals surface area contributed by atoms with E-state index in [1.165, 1.54) is 4.63 Å². The van der Waals surface area contributed by atoms with Crippen LogP contribution in [0.15, 0.2) is 12.1 Å². The van der Waals surface area contributed by atoms with E-state index in [-0.39, 0.29) is 12.5 Å². The largest absolute Gasteiger partial charge is 0.360 e. The van der Waals surface area contributed by atoms with Crippen LogP contribution in [-0.2, 0) is 4.79 Å². The van der Waals surface area contributed by atoms with Gasteiger partial charge in [-0.25, -0.2) is 0 Å². The van der Waals surface area contributed by atoms with E-state index >= 15 is 0 Å². The Kier molecular flexibility index (Phi) is 2.90. The van der Waals surface area contributed by atoms with Gasteiger partial charge in [0.15, 0.2) is 5.65 Å². The maximum absolute atomic E-state index is 11.2. The summed E-state index contributed by atoms with van der Waals surface area (Å²) in [6, 6.07) is 3.43. The van der Waals surface area contributed by atoms with Gasteiger partial charge >= 0.3 is 0 Å². The molecule has 2 aromatic rings. The molecule has 0 aliphatic heterocycles. The molecule has 0 fully saturated rings. The summed E-state index contributed by atoms with van der Waals surface area (Å²) in [5.41, 5.74) is 0.559. The van der Waals surface area contributed by atoms with E-state index in [1.54, 1.807) is 12.1 Å². The molecular weight excluding hydrogens is 210 g/mol. The number of hydrogen-bond acceptors (Lipinski definition) is 6. The summed E-state index contributed by atoms with van der Waals surface area (Å²) in [7, 11) is 0. The fraction of sp³-hybridized carbons (Fsp3) is 0.375. The molecule has 0 aliphatic carbocycles. The van der Waals surface area contributed by atoms with E-state index in [0.29, 0.717) is 18.0 Å². The minimum atomic E-state index is -0.0823. The molecule has 0 saturated carbocycles. The second-order valence-corrected chi connectivity index (χ2v) is 3.05. The first-order valence-corrected chi connectivity index (χ1v) is 4.85. The number of anilines is 1. The molecule has 0 spiro atoms. The molecule has 0 aromatic carbocycles. The molecule has 1 amide bonds. The molecule has 0 aliphatic rings. The molecule has 8 heteroatoms. The number of tetrazole rings is 1. The number of likely N-dealkylation sites (N-methyl/N-ethyl adjacent to an activating group) is 1. The number of carbonyl (C=O) groups is 1. The summed E-state index contributed by atoms with van der Waals surface area (Å²) in [6.07, 6.45) is 0. The fourth-order valence-corrected chi connectivity index (χ4v) is 1.17.